The van der Waals surface area contributed by atoms with Gasteiger partial charge in [0.05, 0.1) is 0 Å². The van der Waals surface area contributed by atoms with Crippen LogP contribution >= 0.6 is 11.3 Å². The smallest absolute Gasteiger partial charge is 0.0345 e. The largest absolute Gasteiger partial charge is 0.140 e. The molecule has 84 valence electrons. The zero-order valence-corrected chi connectivity index (χ0v) is 11.0. The molecule has 0 fully saturated rings. The van der Waals surface area contributed by atoms with E-state index >= 15 is 0 Å². The summed E-state index contributed by atoms with van der Waals surface area (Å²) in [6, 6.07) is 13.4. The Morgan fingerprint density at radius 1 is 1.00 bits per heavy atom. The maximum Gasteiger partial charge on any atom is 0.0345 e. The zero-order chi connectivity index (χ0) is 11.5. The number of aryl methyl sites for hydroxylation is 1. The quantitative estimate of drug-likeness (QED) is 0.688. The minimum absolute atomic E-state index is 0.633. The third-order valence-corrected chi connectivity index (χ3v) is 4.28. The van der Waals surface area contributed by atoms with Crippen LogP contribution in [0.25, 0.3) is 10.4 Å². The van der Waals surface area contributed by atoms with Gasteiger partial charge in [-0.25, -0.2) is 0 Å². The number of rotatable bonds is 3. The predicted molar refractivity (Wildman–Crippen MR) is 73.2 cm³/mol. The highest BCUT2D eigenvalue weighted by Crippen LogP contribution is 2.31. The van der Waals surface area contributed by atoms with Gasteiger partial charge in [0.15, 0.2) is 0 Å². The van der Waals surface area contributed by atoms with Crippen molar-refractivity contribution in [2.45, 2.75) is 33.1 Å². The van der Waals surface area contributed by atoms with E-state index in [-0.39, 0.29) is 0 Å². The van der Waals surface area contributed by atoms with Gasteiger partial charge >= 0.3 is 0 Å². The third kappa shape index (κ3) is 2.35. The summed E-state index contributed by atoms with van der Waals surface area (Å²) in [5, 5.41) is 0. The van der Waals surface area contributed by atoms with Gasteiger partial charge < -0.3 is 0 Å². The molecule has 0 bridgehead atoms. The second-order valence-electron chi connectivity index (χ2n) is 4.41. The Morgan fingerprint density at radius 2 is 1.69 bits per heavy atom. The first-order chi connectivity index (χ1) is 7.70. The van der Waals surface area contributed by atoms with Crippen LogP contribution in [0.1, 0.15) is 37.1 Å². The minimum atomic E-state index is 0.633. The molecule has 1 heteroatoms. The summed E-state index contributed by atoms with van der Waals surface area (Å²) in [5.74, 6) is 0.633. The Balaban J connectivity index is 2.28. The van der Waals surface area contributed by atoms with E-state index in [4.69, 9.17) is 0 Å². The highest BCUT2D eigenvalue weighted by molar-refractivity contribution is 7.15. The van der Waals surface area contributed by atoms with Crippen molar-refractivity contribution < 1.29 is 0 Å². The highest BCUT2D eigenvalue weighted by Gasteiger charge is 2.05. The van der Waals surface area contributed by atoms with Crippen LogP contribution in [0.5, 0.6) is 0 Å². The Bertz CT molecular complexity index is 449. The first-order valence-corrected chi connectivity index (χ1v) is 6.71. The second kappa shape index (κ2) is 4.84. The van der Waals surface area contributed by atoms with Crippen LogP contribution in [0.2, 0.25) is 0 Å². The van der Waals surface area contributed by atoms with Crippen LogP contribution in [-0.4, -0.2) is 0 Å². The van der Waals surface area contributed by atoms with E-state index in [2.05, 4.69) is 57.2 Å². The average Bonchev–Trinajstić information content (AvgIpc) is 2.78. The predicted octanol–water partition coefficient (Wildman–Crippen LogP) is 5.10. The lowest BCUT2D eigenvalue weighted by Gasteiger charge is -2.01. The minimum Gasteiger partial charge on any atom is -0.140 e. The summed E-state index contributed by atoms with van der Waals surface area (Å²) < 4.78 is 0. The third-order valence-electron chi connectivity index (χ3n) is 2.84. The van der Waals surface area contributed by atoms with Crippen molar-refractivity contribution in [1.29, 1.82) is 0 Å². The lowest BCUT2D eigenvalue weighted by atomic mass is 10.1. The topological polar surface area (TPSA) is 0 Å². The molecular formula is C15H18S. The maximum absolute atomic E-state index is 2.25. The van der Waals surface area contributed by atoms with E-state index < -0.39 is 0 Å². The van der Waals surface area contributed by atoms with Gasteiger partial charge in [0.25, 0.3) is 0 Å². The summed E-state index contributed by atoms with van der Waals surface area (Å²) >= 11 is 1.91. The second-order valence-corrected chi connectivity index (χ2v) is 5.52. The van der Waals surface area contributed by atoms with Gasteiger partial charge in [-0.3, -0.25) is 0 Å². The SMILES string of the molecule is CCc1ccc(-c2ccc(C(C)C)s2)cc1. The first kappa shape index (κ1) is 11.4. The molecule has 1 aromatic carbocycles. The van der Waals surface area contributed by atoms with E-state index in [1.807, 2.05) is 11.3 Å². The summed E-state index contributed by atoms with van der Waals surface area (Å²) in [5.41, 5.74) is 2.75. The van der Waals surface area contributed by atoms with Gasteiger partial charge in [-0.1, -0.05) is 45.0 Å². The summed E-state index contributed by atoms with van der Waals surface area (Å²) in [6.07, 6.45) is 1.11. The first-order valence-electron chi connectivity index (χ1n) is 5.89. The molecule has 2 aromatic rings. The molecule has 0 saturated carbocycles. The fourth-order valence-corrected chi connectivity index (χ4v) is 2.74. The molecule has 0 nitrogen and oxygen atoms in total. The van der Waals surface area contributed by atoms with Crippen LogP contribution in [0.3, 0.4) is 0 Å². The van der Waals surface area contributed by atoms with Crippen molar-refractivity contribution in [3.63, 3.8) is 0 Å². The van der Waals surface area contributed by atoms with Crippen LogP contribution in [0, 0.1) is 0 Å². The number of hydrogen-bond donors (Lipinski definition) is 0. The van der Waals surface area contributed by atoms with E-state index in [1.54, 1.807) is 0 Å². The molecule has 1 aromatic heterocycles. The molecule has 0 unspecified atom stereocenters. The van der Waals surface area contributed by atoms with E-state index in [9.17, 15) is 0 Å². The molecule has 0 N–H and O–H groups in total. The normalized spacial score (nSPS) is 11.0. The lowest BCUT2D eigenvalue weighted by Crippen LogP contribution is -1.79. The van der Waals surface area contributed by atoms with Gasteiger partial charge in [-0.15, -0.1) is 11.3 Å². The molecule has 0 aliphatic heterocycles. The van der Waals surface area contributed by atoms with Crippen molar-refractivity contribution in [2.24, 2.45) is 0 Å². The Kier molecular flexibility index (Phi) is 3.45. The average molecular weight is 230 g/mol. The van der Waals surface area contributed by atoms with Crippen molar-refractivity contribution >= 4 is 11.3 Å². The van der Waals surface area contributed by atoms with Crippen molar-refractivity contribution in [2.75, 3.05) is 0 Å². The van der Waals surface area contributed by atoms with Crippen molar-refractivity contribution in [3.8, 4) is 10.4 Å². The van der Waals surface area contributed by atoms with Gasteiger partial charge in [0.2, 0.25) is 0 Å². The zero-order valence-electron chi connectivity index (χ0n) is 10.2. The molecule has 0 amide bonds. The van der Waals surface area contributed by atoms with Crippen LogP contribution in [0.4, 0.5) is 0 Å². The number of thiophene rings is 1. The summed E-state index contributed by atoms with van der Waals surface area (Å²) in [6.45, 7) is 6.68. The molecule has 0 aliphatic rings. The molecule has 16 heavy (non-hydrogen) atoms. The van der Waals surface area contributed by atoms with E-state index in [0.717, 1.165) is 6.42 Å². The molecule has 0 saturated heterocycles. The van der Waals surface area contributed by atoms with Crippen LogP contribution in [0.15, 0.2) is 36.4 Å². The van der Waals surface area contributed by atoms with Crippen LogP contribution < -0.4 is 0 Å². The van der Waals surface area contributed by atoms with Gasteiger partial charge in [-0.05, 0) is 35.6 Å². The fourth-order valence-electron chi connectivity index (χ4n) is 1.72. The standard InChI is InChI=1S/C15H18S/c1-4-12-5-7-13(8-6-12)15-10-9-14(16-15)11(2)3/h5-11H,4H2,1-3H3. The summed E-state index contributed by atoms with van der Waals surface area (Å²) in [4.78, 5) is 2.85. The Morgan fingerprint density at radius 3 is 2.19 bits per heavy atom. The van der Waals surface area contributed by atoms with Crippen molar-refractivity contribution in [1.82, 2.24) is 0 Å². The molecule has 0 spiro atoms. The number of hydrogen-bond acceptors (Lipinski definition) is 1. The lowest BCUT2D eigenvalue weighted by molar-refractivity contribution is 0.890. The fraction of sp³-hybridized carbons (Fsp3) is 0.333. The molecule has 0 radical (unpaired) electrons. The molecular weight excluding hydrogens is 212 g/mol. The summed E-state index contributed by atoms with van der Waals surface area (Å²) in [7, 11) is 0. The van der Waals surface area contributed by atoms with Crippen molar-refractivity contribution in [3.05, 3.63) is 46.8 Å². The van der Waals surface area contributed by atoms with E-state index in [1.165, 1.54) is 20.9 Å². The maximum atomic E-state index is 2.25. The Labute approximate surface area is 102 Å². The molecule has 1 heterocycles. The van der Waals surface area contributed by atoms with Gasteiger partial charge in [0.1, 0.15) is 0 Å². The van der Waals surface area contributed by atoms with Crippen LogP contribution in [-0.2, 0) is 6.42 Å². The number of benzene rings is 1. The monoisotopic (exact) mass is 230 g/mol. The molecule has 0 aliphatic carbocycles. The highest BCUT2D eigenvalue weighted by atomic mass is 32.1. The van der Waals surface area contributed by atoms with Gasteiger partial charge in [-0.2, -0.15) is 0 Å². The molecule has 0 atom stereocenters. The molecule has 2 rings (SSSR count). The van der Waals surface area contributed by atoms with Gasteiger partial charge in [0, 0.05) is 9.75 Å². The Hall–Kier alpha value is -1.08. The van der Waals surface area contributed by atoms with E-state index in [0.29, 0.717) is 5.92 Å².